The Morgan fingerprint density at radius 2 is 2.06 bits per heavy atom. The van der Waals surface area contributed by atoms with Gasteiger partial charge in [-0.05, 0) is 56.1 Å². The van der Waals surface area contributed by atoms with E-state index in [1.54, 1.807) is 28.8 Å². The van der Waals surface area contributed by atoms with Crippen molar-refractivity contribution in [2.75, 3.05) is 5.32 Å². The summed E-state index contributed by atoms with van der Waals surface area (Å²) in [5, 5.41) is 3.42. The summed E-state index contributed by atoms with van der Waals surface area (Å²) in [6.45, 7) is 0. The molecule has 1 aromatic carbocycles. The molecular formula is C12H9Br2ClN2O. The minimum atomic E-state index is -0.169. The van der Waals surface area contributed by atoms with Gasteiger partial charge in [0, 0.05) is 27.9 Å². The van der Waals surface area contributed by atoms with Crippen LogP contribution >= 0.6 is 43.5 Å². The highest BCUT2D eigenvalue weighted by molar-refractivity contribution is 9.10. The summed E-state index contributed by atoms with van der Waals surface area (Å²) in [6, 6.07) is 7.00. The monoisotopic (exact) mass is 390 g/mol. The zero-order chi connectivity index (χ0) is 13.3. The first-order valence-electron chi connectivity index (χ1n) is 5.05. The molecule has 1 aromatic heterocycles. The van der Waals surface area contributed by atoms with Gasteiger partial charge in [-0.3, -0.25) is 4.79 Å². The number of benzene rings is 1. The normalized spacial score (nSPS) is 10.4. The Labute approximate surface area is 126 Å². The third-order valence-electron chi connectivity index (χ3n) is 2.38. The number of halogens is 3. The van der Waals surface area contributed by atoms with Crippen molar-refractivity contribution < 1.29 is 4.79 Å². The lowest BCUT2D eigenvalue weighted by molar-refractivity contribution is 0.101. The van der Waals surface area contributed by atoms with Crippen LogP contribution < -0.4 is 5.32 Å². The van der Waals surface area contributed by atoms with Crippen molar-refractivity contribution in [1.82, 2.24) is 4.57 Å². The number of aromatic nitrogens is 1. The molecule has 0 aliphatic carbocycles. The Kier molecular flexibility index (Phi) is 4.14. The first-order valence-corrected chi connectivity index (χ1v) is 7.02. The van der Waals surface area contributed by atoms with E-state index in [1.165, 1.54) is 0 Å². The van der Waals surface area contributed by atoms with Crippen molar-refractivity contribution in [2.24, 2.45) is 7.05 Å². The van der Waals surface area contributed by atoms with E-state index >= 15 is 0 Å². The first-order chi connectivity index (χ1) is 8.47. The molecule has 0 aliphatic heterocycles. The molecule has 94 valence electrons. The number of carbonyl (C=O) groups excluding carboxylic acids is 1. The van der Waals surface area contributed by atoms with E-state index in [9.17, 15) is 4.79 Å². The average molecular weight is 392 g/mol. The molecule has 1 amide bonds. The molecule has 2 aromatic rings. The number of anilines is 1. The third kappa shape index (κ3) is 2.96. The van der Waals surface area contributed by atoms with Gasteiger partial charge in [0.1, 0.15) is 5.69 Å². The Bertz CT molecular complexity index is 610. The van der Waals surface area contributed by atoms with Crippen LogP contribution in [0.1, 0.15) is 10.5 Å². The van der Waals surface area contributed by atoms with E-state index in [2.05, 4.69) is 37.2 Å². The predicted octanol–water partition coefficient (Wildman–Crippen LogP) is 4.46. The molecule has 0 bridgehead atoms. The predicted molar refractivity (Wildman–Crippen MR) is 80.2 cm³/mol. The molecule has 0 saturated carbocycles. The van der Waals surface area contributed by atoms with Gasteiger partial charge < -0.3 is 9.88 Å². The second-order valence-corrected chi connectivity index (χ2v) is 5.91. The van der Waals surface area contributed by atoms with Crippen LogP contribution in [0, 0.1) is 0 Å². The molecule has 0 spiro atoms. The largest absolute Gasteiger partial charge is 0.345 e. The number of hydrogen-bond donors (Lipinski definition) is 1. The fourth-order valence-electron chi connectivity index (χ4n) is 1.52. The quantitative estimate of drug-likeness (QED) is 0.805. The van der Waals surface area contributed by atoms with Gasteiger partial charge in [-0.25, -0.2) is 0 Å². The van der Waals surface area contributed by atoms with E-state index in [1.807, 2.05) is 13.2 Å². The minimum Gasteiger partial charge on any atom is -0.345 e. The summed E-state index contributed by atoms with van der Waals surface area (Å²) in [6.07, 6.45) is 1.83. The molecule has 3 nitrogen and oxygen atoms in total. The SMILES string of the molecule is Cn1cc(Br)cc1C(=O)Nc1ccc(Cl)c(Br)c1. The molecule has 1 heterocycles. The Balaban J connectivity index is 2.21. The Hall–Kier alpha value is -0.780. The molecule has 6 heteroatoms. The molecule has 0 fully saturated rings. The third-order valence-corrected chi connectivity index (χ3v) is 4.03. The fraction of sp³-hybridized carbons (Fsp3) is 0.0833. The fourth-order valence-corrected chi connectivity index (χ4v) is 2.54. The maximum Gasteiger partial charge on any atom is 0.272 e. The van der Waals surface area contributed by atoms with Gasteiger partial charge in [-0.2, -0.15) is 0 Å². The lowest BCUT2D eigenvalue weighted by Crippen LogP contribution is -2.15. The highest BCUT2D eigenvalue weighted by Crippen LogP contribution is 2.26. The van der Waals surface area contributed by atoms with E-state index in [4.69, 9.17) is 11.6 Å². The molecule has 18 heavy (non-hydrogen) atoms. The number of rotatable bonds is 2. The minimum absolute atomic E-state index is 0.169. The van der Waals surface area contributed by atoms with Crippen LogP contribution in [0.3, 0.4) is 0 Å². The molecule has 1 N–H and O–H groups in total. The highest BCUT2D eigenvalue weighted by Gasteiger charge is 2.11. The van der Waals surface area contributed by atoms with Crippen LogP contribution in [-0.2, 0) is 7.05 Å². The number of hydrogen-bond acceptors (Lipinski definition) is 1. The lowest BCUT2D eigenvalue weighted by atomic mass is 10.3. The van der Waals surface area contributed by atoms with Crippen molar-refractivity contribution in [3.05, 3.63) is 50.1 Å². The summed E-state index contributed by atoms with van der Waals surface area (Å²) in [4.78, 5) is 12.0. The average Bonchev–Trinajstić information content (AvgIpc) is 2.63. The Morgan fingerprint density at radius 3 is 2.61 bits per heavy atom. The summed E-state index contributed by atoms with van der Waals surface area (Å²) in [5.74, 6) is -0.169. The molecule has 2 rings (SSSR count). The summed E-state index contributed by atoms with van der Waals surface area (Å²) >= 11 is 12.5. The van der Waals surface area contributed by atoms with Gasteiger partial charge >= 0.3 is 0 Å². The number of carbonyl (C=O) groups is 1. The van der Waals surface area contributed by atoms with E-state index in [0.717, 1.165) is 8.95 Å². The van der Waals surface area contributed by atoms with Crippen molar-refractivity contribution in [2.45, 2.75) is 0 Å². The second-order valence-electron chi connectivity index (χ2n) is 3.74. The van der Waals surface area contributed by atoms with E-state index in [0.29, 0.717) is 16.4 Å². The van der Waals surface area contributed by atoms with Crippen LogP contribution in [0.4, 0.5) is 5.69 Å². The number of amides is 1. The van der Waals surface area contributed by atoms with Crippen molar-refractivity contribution >= 4 is 55.1 Å². The van der Waals surface area contributed by atoms with E-state index < -0.39 is 0 Å². The van der Waals surface area contributed by atoms with Crippen molar-refractivity contribution in [3.63, 3.8) is 0 Å². The van der Waals surface area contributed by atoms with Crippen LogP contribution in [-0.4, -0.2) is 10.5 Å². The molecule has 0 unspecified atom stereocenters. The standard InChI is InChI=1S/C12H9Br2ClN2O/c1-17-6-7(13)4-11(17)12(18)16-8-2-3-10(15)9(14)5-8/h2-6H,1H3,(H,16,18). The molecule has 0 radical (unpaired) electrons. The number of nitrogens with zero attached hydrogens (tertiary/aromatic N) is 1. The van der Waals surface area contributed by atoms with Gasteiger partial charge in [-0.15, -0.1) is 0 Å². The van der Waals surface area contributed by atoms with Gasteiger partial charge in [0.2, 0.25) is 0 Å². The zero-order valence-electron chi connectivity index (χ0n) is 9.38. The van der Waals surface area contributed by atoms with Crippen LogP contribution in [0.2, 0.25) is 5.02 Å². The molecular weight excluding hydrogens is 383 g/mol. The lowest BCUT2D eigenvalue weighted by Gasteiger charge is -2.07. The van der Waals surface area contributed by atoms with Crippen LogP contribution in [0.15, 0.2) is 39.4 Å². The second kappa shape index (κ2) is 5.47. The first kappa shape index (κ1) is 13.6. The van der Waals surface area contributed by atoms with Crippen LogP contribution in [0.5, 0.6) is 0 Å². The molecule has 0 aliphatic rings. The molecule has 0 saturated heterocycles. The highest BCUT2D eigenvalue weighted by atomic mass is 79.9. The summed E-state index contributed by atoms with van der Waals surface area (Å²) in [5.41, 5.74) is 1.27. The number of nitrogens with one attached hydrogen (secondary N) is 1. The Morgan fingerprint density at radius 1 is 1.33 bits per heavy atom. The summed E-state index contributed by atoms with van der Waals surface area (Å²) in [7, 11) is 1.82. The van der Waals surface area contributed by atoms with Gasteiger partial charge in [0.15, 0.2) is 0 Å². The van der Waals surface area contributed by atoms with Gasteiger partial charge in [-0.1, -0.05) is 11.6 Å². The smallest absolute Gasteiger partial charge is 0.272 e. The topological polar surface area (TPSA) is 34.0 Å². The van der Waals surface area contributed by atoms with Gasteiger partial charge in [0.05, 0.1) is 5.02 Å². The van der Waals surface area contributed by atoms with Crippen LogP contribution in [0.25, 0.3) is 0 Å². The van der Waals surface area contributed by atoms with E-state index in [-0.39, 0.29) is 5.91 Å². The zero-order valence-corrected chi connectivity index (χ0v) is 13.3. The van der Waals surface area contributed by atoms with Crippen molar-refractivity contribution in [1.29, 1.82) is 0 Å². The molecule has 0 atom stereocenters. The van der Waals surface area contributed by atoms with Gasteiger partial charge in [0.25, 0.3) is 5.91 Å². The number of aryl methyl sites for hydroxylation is 1. The maximum absolute atomic E-state index is 12.0. The summed E-state index contributed by atoms with van der Waals surface area (Å²) < 4.78 is 3.37. The maximum atomic E-state index is 12.0. The van der Waals surface area contributed by atoms with Crippen molar-refractivity contribution in [3.8, 4) is 0 Å².